The smallest absolute Gasteiger partial charge is 0.0562 e. The van der Waals surface area contributed by atoms with E-state index in [1.807, 2.05) is 0 Å². The number of aromatic nitrogens is 1. The number of para-hydroxylation sites is 2. The Kier molecular flexibility index (Phi) is 6.84. The van der Waals surface area contributed by atoms with Crippen LogP contribution in [-0.2, 0) is 0 Å². The van der Waals surface area contributed by atoms with Gasteiger partial charge in [0.05, 0.1) is 16.7 Å². The molecule has 0 fully saturated rings. The van der Waals surface area contributed by atoms with Gasteiger partial charge in [-0.25, -0.2) is 0 Å². The van der Waals surface area contributed by atoms with Gasteiger partial charge in [0.25, 0.3) is 0 Å². The minimum Gasteiger partial charge on any atom is -0.310 e. The highest BCUT2D eigenvalue weighted by molar-refractivity contribution is 6.21. The third-order valence-corrected chi connectivity index (χ3v) is 9.36. The average molecular weight is 613 g/mol. The molecule has 2 nitrogen and oxygen atoms in total. The van der Waals surface area contributed by atoms with Gasteiger partial charge >= 0.3 is 0 Å². The lowest BCUT2D eigenvalue weighted by Crippen LogP contribution is -2.10. The van der Waals surface area contributed by atoms with Crippen molar-refractivity contribution in [3.05, 3.63) is 194 Å². The molecule has 0 N–H and O–H groups in total. The van der Waals surface area contributed by atoms with Crippen LogP contribution in [0.4, 0.5) is 17.1 Å². The van der Waals surface area contributed by atoms with Crippen LogP contribution in [0, 0.1) is 0 Å². The fourth-order valence-electron chi connectivity index (χ4n) is 7.17. The summed E-state index contributed by atoms with van der Waals surface area (Å²) in [7, 11) is 0. The SMILES string of the molecule is c1ccc(-c2cccc3c2c2c(N(c4ccccc4)c4ccc(-c5ccc6ccccc6c5)cc4)cccc2n3-c2ccccc2)cc1. The van der Waals surface area contributed by atoms with Gasteiger partial charge in [-0.05, 0) is 93.7 Å². The van der Waals surface area contributed by atoms with Crippen molar-refractivity contribution < 1.29 is 0 Å². The van der Waals surface area contributed by atoms with Crippen molar-refractivity contribution in [2.45, 2.75) is 0 Å². The maximum absolute atomic E-state index is 2.41. The summed E-state index contributed by atoms with van der Waals surface area (Å²) in [4.78, 5) is 2.41. The van der Waals surface area contributed by atoms with Crippen molar-refractivity contribution in [3.8, 4) is 27.9 Å². The fraction of sp³-hybridized carbons (Fsp3) is 0. The number of anilines is 3. The van der Waals surface area contributed by atoms with Crippen molar-refractivity contribution >= 4 is 49.6 Å². The van der Waals surface area contributed by atoms with E-state index in [1.54, 1.807) is 0 Å². The third-order valence-electron chi connectivity index (χ3n) is 9.36. The standard InChI is InChI=1S/C46H32N2/c1-4-15-35(16-5-1)41-22-12-23-42-45(41)46-43(24-13-25-44(46)48(42)39-20-8-3-9-21-39)47(38-18-6-2-7-19-38)40-30-28-34(29-31-40)37-27-26-33-14-10-11-17-36(33)32-37/h1-32H. The first-order chi connectivity index (χ1) is 23.8. The van der Waals surface area contributed by atoms with Gasteiger partial charge in [-0.3, -0.25) is 0 Å². The van der Waals surface area contributed by atoms with Gasteiger partial charge in [0.1, 0.15) is 0 Å². The van der Waals surface area contributed by atoms with Gasteiger partial charge < -0.3 is 9.47 Å². The van der Waals surface area contributed by atoms with E-state index >= 15 is 0 Å². The molecule has 8 aromatic carbocycles. The van der Waals surface area contributed by atoms with Crippen LogP contribution < -0.4 is 4.90 Å². The number of nitrogens with zero attached hydrogens (tertiary/aromatic N) is 2. The van der Waals surface area contributed by atoms with Gasteiger partial charge in [0, 0.05) is 27.8 Å². The van der Waals surface area contributed by atoms with E-state index in [0.29, 0.717) is 0 Å². The normalized spacial score (nSPS) is 11.3. The Balaban J connectivity index is 1.30. The maximum Gasteiger partial charge on any atom is 0.0562 e. The Labute approximate surface area is 280 Å². The zero-order valence-corrected chi connectivity index (χ0v) is 26.4. The molecule has 1 aromatic heterocycles. The first-order valence-corrected chi connectivity index (χ1v) is 16.4. The lowest BCUT2D eigenvalue weighted by molar-refractivity contribution is 1.18. The summed E-state index contributed by atoms with van der Waals surface area (Å²) in [6.07, 6.45) is 0. The summed E-state index contributed by atoms with van der Waals surface area (Å²) in [5, 5.41) is 4.97. The van der Waals surface area contributed by atoms with E-state index in [4.69, 9.17) is 0 Å². The summed E-state index contributed by atoms with van der Waals surface area (Å²) in [6, 6.07) is 69.9. The molecule has 226 valence electrons. The number of rotatable bonds is 6. The molecule has 0 saturated heterocycles. The molecule has 0 bridgehead atoms. The van der Waals surface area contributed by atoms with Gasteiger partial charge in [-0.2, -0.15) is 0 Å². The molecule has 0 saturated carbocycles. The van der Waals surface area contributed by atoms with Crippen molar-refractivity contribution in [1.29, 1.82) is 0 Å². The Morgan fingerprint density at radius 1 is 0.354 bits per heavy atom. The molecule has 0 aliphatic carbocycles. The molecule has 9 aromatic rings. The first-order valence-electron chi connectivity index (χ1n) is 16.4. The van der Waals surface area contributed by atoms with Gasteiger partial charge in [0.2, 0.25) is 0 Å². The maximum atomic E-state index is 2.41. The summed E-state index contributed by atoms with van der Waals surface area (Å²) < 4.78 is 2.41. The minimum absolute atomic E-state index is 1.11. The zero-order valence-electron chi connectivity index (χ0n) is 26.4. The number of benzene rings is 8. The summed E-state index contributed by atoms with van der Waals surface area (Å²) in [5.41, 5.74) is 11.7. The monoisotopic (exact) mass is 612 g/mol. The topological polar surface area (TPSA) is 8.17 Å². The largest absolute Gasteiger partial charge is 0.310 e. The zero-order chi connectivity index (χ0) is 31.9. The second-order valence-corrected chi connectivity index (χ2v) is 12.2. The molecule has 0 atom stereocenters. The molecule has 9 rings (SSSR count). The van der Waals surface area contributed by atoms with Gasteiger partial charge in [-0.15, -0.1) is 0 Å². The molecule has 0 unspecified atom stereocenters. The van der Waals surface area contributed by atoms with E-state index < -0.39 is 0 Å². The Bertz CT molecular complexity index is 2530. The number of fused-ring (bicyclic) bond motifs is 4. The second-order valence-electron chi connectivity index (χ2n) is 12.2. The molecule has 0 aliphatic rings. The quantitative estimate of drug-likeness (QED) is 0.181. The van der Waals surface area contributed by atoms with Crippen LogP contribution in [0.3, 0.4) is 0 Å². The van der Waals surface area contributed by atoms with E-state index in [9.17, 15) is 0 Å². The molecule has 0 radical (unpaired) electrons. The van der Waals surface area contributed by atoms with Gasteiger partial charge in [-0.1, -0.05) is 133 Å². The Morgan fingerprint density at radius 2 is 0.938 bits per heavy atom. The average Bonchev–Trinajstić information content (AvgIpc) is 3.51. The molecule has 0 aliphatic heterocycles. The van der Waals surface area contributed by atoms with Crippen molar-refractivity contribution in [2.24, 2.45) is 0 Å². The van der Waals surface area contributed by atoms with Crippen molar-refractivity contribution in [2.75, 3.05) is 4.90 Å². The molecular formula is C46H32N2. The molecule has 1 heterocycles. The highest BCUT2D eigenvalue weighted by Crippen LogP contribution is 2.46. The van der Waals surface area contributed by atoms with Gasteiger partial charge in [0.15, 0.2) is 0 Å². The summed E-state index contributed by atoms with van der Waals surface area (Å²) >= 11 is 0. The minimum atomic E-state index is 1.11. The van der Waals surface area contributed by atoms with E-state index in [1.165, 1.54) is 54.8 Å². The number of hydrogen-bond donors (Lipinski definition) is 0. The van der Waals surface area contributed by atoms with E-state index in [2.05, 4.69) is 204 Å². The number of hydrogen-bond acceptors (Lipinski definition) is 1. The van der Waals surface area contributed by atoms with Crippen molar-refractivity contribution in [3.63, 3.8) is 0 Å². The van der Waals surface area contributed by atoms with Crippen LogP contribution in [0.5, 0.6) is 0 Å². The van der Waals surface area contributed by atoms with E-state index in [-0.39, 0.29) is 0 Å². The highest BCUT2D eigenvalue weighted by Gasteiger charge is 2.23. The Morgan fingerprint density at radius 3 is 1.69 bits per heavy atom. The van der Waals surface area contributed by atoms with Crippen LogP contribution in [0.1, 0.15) is 0 Å². The highest BCUT2D eigenvalue weighted by atomic mass is 15.1. The summed E-state index contributed by atoms with van der Waals surface area (Å²) in [5.74, 6) is 0. The lowest BCUT2D eigenvalue weighted by Gasteiger charge is -2.27. The lowest BCUT2D eigenvalue weighted by atomic mass is 9.98. The Hall–Kier alpha value is -6.38. The second kappa shape index (κ2) is 11.8. The van der Waals surface area contributed by atoms with Crippen LogP contribution in [-0.4, -0.2) is 4.57 Å². The molecule has 2 heteroatoms. The van der Waals surface area contributed by atoms with E-state index in [0.717, 1.165) is 22.7 Å². The molecule has 0 amide bonds. The van der Waals surface area contributed by atoms with Crippen LogP contribution in [0.25, 0.3) is 60.5 Å². The first kappa shape index (κ1) is 27.9. The third kappa shape index (κ3) is 4.74. The predicted molar refractivity (Wildman–Crippen MR) is 204 cm³/mol. The molecular weight excluding hydrogens is 581 g/mol. The predicted octanol–water partition coefficient (Wildman–Crippen LogP) is 12.7. The molecule has 48 heavy (non-hydrogen) atoms. The van der Waals surface area contributed by atoms with Crippen LogP contribution in [0.15, 0.2) is 194 Å². The van der Waals surface area contributed by atoms with Crippen molar-refractivity contribution in [1.82, 2.24) is 4.57 Å². The fourth-order valence-corrected chi connectivity index (χ4v) is 7.17. The van der Waals surface area contributed by atoms with Crippen LogP contribution in [0.2, 0.25) is 0 Å². The molecule has 0 spiro atoms. The van der Waals surface area contributed by atoms with Crippen LogP contribution >= 0.6 is 0 Å². The summed E-state index contributed by atoms with van der Waals surface area (Å²) in [6.45, 7) is 0.